The second-order valence-corrected chi connectivity index (χ2v) is 11.1. The number of ether oxygens (including phenoxy) is 1. The van der Waals surface area contributed by atoms with Crippen molar-refractivity contribution in [1.82, 2.24) is 14.5 Å². The molecule has 7 nitrogen and oxygen atoms in total. The Morgan fingerprint density at radius 1 is 1.08 bits per heavy atom. The molecule has 5 rings (SSSR count). The van der Waals surface area contributed by atoms with Crippen molar-refractivity contribution in [2.75, 3.05) is 11.4 Å². The standard InChI is InChI=1S/C29H31ClN4O3/c1-16-14-31-28(32-15-16)34-12-11-33-17(2)13-21-23(19-7-9-20(30)10-8-19)22(18(3)24(34)25(21)33)26(27(35)36)37-29(4,5)6/h7-10,13-15,26H,11-12H2,1-6H3,(H,35,36)/t26-/m0/s1. The van der Waals surface area contributed by atoms with Gasteiger partial charge in [-0.3, -0.25) is 0 Å². The molecule has 1 N–H and O–H groups in total. The van der Waals surface area contributed by atoms with E-state index in [-0.39, 0.29) is 0 Å². The summed E-state index contributed by atoms with van der Waals surface area (Å²) in [5.41, 5.74) is 6.55. The van der Waals surface area contributed by atoms with E-state index < -0.39 is 17.7 Å². The third-order valence-electron chi connectivity index (χ3n) is 6.74. The number of halogens is 1. The smallest absolute Gasteiger partial charge is 0.337 e. The van der Waals surface area contributed by atoms with Gasteiger partial charge in [0.15, 0.2) is 6.10 Å². The van der Waals surface area contributed by atoms with Crippen LogP contribution in [0.4, 0.5) is 11.6 Å². The highest BCUT2D eigenvalue weighted by Gasteiger charge is 2.36. The average Bonchev–Trinajstić information content (AvgIpc) is 3.17. The van der Waals surface area contributed by atoms with Crippen LogP contribution in [0.5, 0.6) is 0 Å². The number of anilines is 2. The van der Waals surface area contributed by atoms with Crippen LogP contribution < -0.4 is 4.90 Å². The third-order valence-corrected chi connectivity index (χ3v) is 6.99. The number of aromatic nitrogens is 3. The Kier molecular flexibility index (Phi) is 6.24. The van der Waals surface area contributed by atoms with Gasteiger partial charge in [-0.15, -0.1) is 0 Å². The predicted octanol–water partition coefficient (Wildman–Crippen LogP) is 6.77. The number of hydrogen-bond acceptors (Lipinski definition) is 5. The number of benzene rings is 2. The summed E-state index contributed by atoms with van der Waals surface area (Å²) in [7, 11) is 0. The van der Waals surface area contributed by atoms with Crippen LogP contribution in [-0.4, -0.2) is 37.8 Å². The topological polar surface area (TPSA) is 80.5 Å². The molecule has 1 aliphatic rings. The molecule has 1 atom stereocenters. The van der Waals surface area contributed by atoms with E-state index in [1.807, 2.05) is 58.9 Å². The fourth-order valence-corrected chi connectivity index (χ4v) is 5.38. The van der Waals surface area contributed by atoms with Crippen molar-refractivity contribution < 1.29 is 14.6 Å². The molecule has 0 fully saturated rings. The lowest BCUT2D eigenvalue weighted by Crippen LogP contribution is -2.32. The summed E-state index contributed by atoms with van der Waals surface area (Å²) >= 11 is 6.23. The summed E-state index contributed by atoms with van der Waals surface area (Å²) in [6.07, 6.45) is 2.43. The van der Waals surface area contributed by atoms with Crippen LogP contribution in [0.2, 0.25) is 5.02 Å². The summed E-state index contributed by atoms with van der Waals surface area (Å²) in [4.78, 5) is 24.1. The van der Waals surface area contributed by atoms with Gasteiger partial charge in [0, 0.05) is 47.1 Å². The normalized spacial score (nSPS) is 14.3. The lowest BCUT2D eigenvalue weighted by atomic mass is 9.87. The molecule has 192 valence electrons. The van der Waals surface area contributed by atoms with Crippen molar-refractivity contribution >= 4 is 40.1 Å². The molecule has 8 heteroatoms. The van der Waals surface area contributed by atoms with Gasteiger partial charge in [-0.1, -0.05) is 23.7 Å². The van der Waals surface area contributed by atoms with Crippen LogP contribution in [0.25, 0.3) is 22.0 Å². The van der Waals surface area contributed by atoms with E-state index in [0.717, 1.165) is 51.1 Å². The molecule has 2 aromatic heterocycles. The number of carbonyl (C=O) groups is 1. The van der Waals surface area contributed by atoms with Gasteiger partial charge in [-0.05, 0) is 82.0 Å². The van der Waals surface area contributed by atoms with Gasteiger partial charge in [-0.25, -0.2) is 14.8 Å². The van der Waals surface area contributed by atoms with Gasteiger partial charge in [0.1, 0.15) is 0 Å². The Labute approximate surface area is 221 Å². The molecule has 0 amide bonds. The zero-order valence-corrected chi connectivity index (χ0v) is 22.7. The van der Waals surface area contributed by atoms with E-state index in [2.05, 4.69) is 32.4 Å². The first-order valence-electron chi connectivity index (χ1n) is 12.4. The molecule has 0 spiro atoms. The van der Waals surface area contributed by atoms with Crippen molar-refractivity contribution in [3.05, 3.63) is 70.1 Å². The van der Waals surface area contributed by atoms with E-state index in [4.69, 9.17) is 16.3 Å². The van der Waals surface area contributed by atoms with Gasteiger partial charge >= 0.3 is 5.97 Å². The van der Waals surface area contributed by atoms with Crippen molar-refractivity contribution in [2.24, 2.45) is 0 Å². The van der Waals surface area contributed by atoms with Gasteiger partial charge < -0.3 is 19.3 Å². The van der Waals surface area contributed by atoms with E-state index >= 15 is 0 Å². The van der Waals surface area contributed by atoms with Crippen LogP contribution >= 0.6 is 11.6 Å². The van der Waals surface area contributed by atoms with Crippen LogP contribution in [0.1, 0.15) is 49.3 Å². The molecule has 3 heterocycles. The van der Waals surface area contributed by atoms with Crippen molar-refractivity contribution in [3.63, 3.8) is 0 Å². The number of aryl methyl sites for hydroxylation is 2. The van der Waals surface area contributed by atoms with E-state index in [0.29, 0.717) is 23.1 Å². The highest BCUT2D eigenvalue weighted by Crippen LogP contribution is 2.49. The SMILES string of the molecule is Cc1cnc(N2CCn3c(C)cc4c(-c5ccc(Cl)cc5)c([C@H](OC(C)(C)C)C(=O)O)c(C)c2c43)nc1. The Hall–Kier alpha value is -3.42. The molecular formula is C29H31ClN4O3. The monoisotopic (exact) mass is 518 g/mol. The highest BCUT2D eigenvalue weighted by molar-refractivity contribution is 6.30. The second-order valence-electron chi connectivity index (χ2n) is 10.6. The first-order chi connectivity index (χ1) is 17.5. The number of carboxylic acids is 1. The minimum Gasteiger partial charge on any atom is -0.479 e. The fourth-order valence-electron chi connectivity index (χ4n) is 5.26. The summed E-state index contributed by atoms with van der Waals surface area (Å²) < 4.78 is 8.53. The van der Waals surface area contributed by atoms with Gasteiger partial charge in [-0.2, -0.15) is 0 Å². The second kappa shape index (κ2) is 9.15. The highest BCUT2D eigenvalue weighted by atomic mass is 35.5. The zero-order chi connectivity index (χ0) is 26.6. The number of carboxylic acid groups (broad SMARTS) is 1. The maximum absolute atomic E-state index is 12.8. The molecule has 0 unspecified atom stereocenters. The molecule has 0 saturated heterocycles. The van der Waals surface area contributed by atoms with E-state index in [1.54, 1.807) is 12.4 Å². The molecule has 2 aromatic carbocycles. The summed E-state index contributed by atoms with van der Waals surface area (Å²) in [6, 6.07) is 9.68. The van der Waals surface area contributed by atoms with Crippen LogP contribution in [-0.2, 0) is 16.1 Å². The molecule has 1 aliphatic heterocycles. The van der Waals surface area contributed by atoms with Crippen LogP contribution in [0.15, 0.2) is 42.7 Å². The summed E-state index contributed by atoms with van der Waals surface area (Å²) in [5, 5.41) is 12.1. The average molecular weight is 519 g/mol. The maximum atomic E-state index is 12.8. The lowest BCUT2D eigenvalue weighted by molar-refractivity contribution is -0.160. The molecule has 0 saturated carbocycles. The van der Waals surface area contributed by atoms with Gasteiger partial charge in [0.25, 0.3) is 0 Å². The van der Waals surface area contributed by atoms with Crippen LogP contribution in [0.3, 0.4) is 0 Å². The third kappa shape index (κ3) is 4.47. The minimum atomic E-state index is -1.18. The molecule has 4 aromatic rings. The first-order valence-corrected chi connectivity index (χ1v) is 12.7. The largest absolute Gasteiger partial charge is 0.479 e. The Balaban J connectivity index is 1.90. The first kappa shape index (κ1) is 25.2. The molecule has 0 bridgehead atoms. The molecule has 0 radical (unpaired) electrons. The van der Waals surface area contributed by atoms with E-state index in [1.165, 1.54) is 0 Å². The maximum Gasteiger partial charge on any atom is 0.337 e. The number of rotatable bonds is 5. The predicted molar refractivity (Wildman–Crippen MR) is 147 cm³/mol. The Morgan fingerprint density at radius 3 is 2.32 bits per heavy atom. The minimum absolute atomic E-state index is 0.592. The summed E-state index contributed by atoms with van der Waals surface area (Å²) in [5.74, 6) is -0.446. The number of aliphatic carboxylic acids is 1. The Morgan fingerprint density at radius 2 is 1.73 bits per heavy atom. The van der Waals surface area contributed by atoms with Crippen LogP contribution in [0, 0.1) is 20.8 Å². The molecule has 37 heavy (non-hydrogen) atoms. The van der Waals surface area contributed by atoms with E-state index in [9.17, 15) is 9.90 Å². The molecular weight excluding hydrogens is 488 g/mol. The van der Waals surface area contributed by atoms with Crippen molar-refractivity contribution in [2.45, 2.75) is 59.8 Å². The number of hydrogen-bond donors (Lipinski definition) is 1. The quantitative estimate of drug-likeness (QED) is 0.314. The summed E-state index contributed by atoms with van der Waals surface area (Å²) in [6.45, 7) is 13.1. The number of nitrogens with zero attached hydrogens (tertiary/aromatic N) is 4. The Bertz CT molecular complexity index is 1500. The fraction of sp³-hybridized carbons (Fsp3) is 0.345. The molecule has 0 aliphatic carbocycles. The zero-order valence-electron chi connectivity index (χ0n) is 22.0. The van der Waals surface area contributed by atoms with Crippen molar-refractivity contribution in [3.8, 4) is 11.1 Å². The van der Waals surface area contributed by atoms with Gasteiger partial charge in [0.05, 0.1) is 16.8 Å². The van der Waals surface area contributed by atoms with Gasteiger partial charge in [0.2, 0.25) is 5.95 Å². The van der Waals surface area contributed by atoms with Crippen molar-refractivity contribution in [1.29, 1.82) is 0 Å². The lowest BCUT2D eigenvalue weighted by Gasteiger charge is -2.35.